The Labute approximate surface area is 144 Å². The van der Waals surface area contributed by atoms with Gasteiger partial charge >= 0.3 is 5.69 Å². The molecule has 0 amide bonds. The maximum atomic E-state index is 12.4. The Kier molecular flexibility index (Phi) is 4.85. The van der Waals surface area contributed by atoms with Crippen LogP contribution in [-0.4, -0.2) is 10.7 Å². The minimum Gasteiger partial charge on any atom is -0.482 e. The van der Waals surface area contributed by atoms with E-state index in [1.165, 1.54) is 12.1 Å². The number of nitrogens with zero attached hydrogens (tertiary/aromatic N) is 1. The molecule has 0 unspecified atom stereocenters. The molecule has 0 aliphatic rings. The summed E-state index contributed by atoms with van der Waals surface area (Å²) in [7, 11) is 0. The van der Waals surface area contributed by atoms with E-state index in [2.05, 4.69) is 0 Å². The summed E-state index contributed by atoms with van der Waals surface area (Å²) < 4.78 is 5.57. The number of nitro benzene ring substituents is 1. The lowest BCUT2D eigenvalue weighted by atomic mass is 10.0. The predicted molar refractivity (Wildman–Crippen MR) is 93.7 cm³/mol. The van der Waals surface area contributed by atoms with Crippen molar-refractivity contribution >= 4 is 11.5 Å². The van der Waals surface area contributed by atoms with Crippen LogP contribution in [-0.2, 0) is 6.61 Å². The van der Waals surface area contributed by atoms with Gasteiger partial charge in [0.05, 0.1) is 4.92 Å². The van der Waals surface area contributed by atoms with Crippen molar-refractivity contribution in [1.29, 1.82) is 0 Å². The van der Waals surface area contributed by atoms with E-state index in [1.807, 2.05) is 30.3 Å². The first kappa shape index (κ1) is 16.4. The first-order chi connectivity index (χ1) is 12.1. The van der Waals surface area contributed by atoms with Crippen LogP contribution in [0.5, 0.6) is 5.75 Å². The first-order valence-electron chi connectivity index (χ1n) is 7.70. The monoisotopic (exact) mass is 333 g/mol. The lowest BCUT2D eigenvalue weighted by Gasteiger charge is -2.08. The minimum absolute atomic E-state index is 0.137. The molecule has 25 heavy (non-hydrogen) atoms. The molecule has 0 saturated carbocycles. The highest BCUT2D eigenvalue weighted by Crippen LogP contribution is 2.29. The fourth-order valence-electron chi connectivity index (χ4n) is 2.41. The van der Waals surface area contributed by atoms with Crippen LogP contribution in [0.4, 0.5) is 5.69 Å². The Balaban J connectivity index is 1.86. The lowest BCUT2D eigenvalue weighted by Crippen LogP contribution is -2.04. The van der Waals surface area contributed by atoms with Gasteiger partial charge in [-0.25, -0.2) is 0 Å². The summed E-state index contributed by atoms with van der Waals surface area (Å²) in [4.78, 5) is 23.3. The van der Waals surface area contributed by atoms with Crippen LogP contribution in [0.2, 0.25) is 0 Å². The Morgan fingerprint density at radius 2 is 1.52 bits per heavy atom. The molecule has 0 aliphatic heterocycles. The van der Waals surface area contributed by atoms with Gasteiger partial charge in [-0.2, -0.15) is 0 Å². The second kappa shape index (κ2) is 7.40. The predicted octanol–water partition coefficient (Wildman–Crippen LogP) is 4.40. The number of carbonyl (C=O) groups is 1. The smallest absolute Gasteiger partial charge is 0.311 e. The fraction of sp³-hybridized carbons (Fsp3) is 0.0500. The van der Waals surface area contributed by atoms with Crippen molar-refractivity contribution < 1.29 is 14.5 Å². The molecule has 0 spiro atoms. The van der Waals surface area contributed by atoms with E-state index in [0.29, 0.717) is 5.56 Å². The van der Waals surface area contributed by atoms with Crippen LogP contribution < -0.4 is 4.74 Å². The number of ketones is 1. The second-order valence-electron chi connectivity index (χ2n) is 5.41. The standard InChI is InChI=1S/C20H15NO4/c22-20(16-9-5-2-6-10-16)17-11-12-19(18(13-17)21(23)24)25-14-15-7-3-1-4-8-15/h1-13H,14H2. The van der Waals surface area contributed by atoms with Crippen LogP contribution in [0, 0.1) is 10.1 Å². The summed E-state index contributed by atoms with van der Waals surface area (Å²) in [5, 5.41) is 11.4. The zero-order chi connectivity index (χ0) is 17.6. The maximum Gasteiger partial charge on any atom is 0.311 e. The topological polar surface area (TPSA) is 69.4 Å². The molecule has 124 valence electrons. The van der Waals surface area contributed by atoms with E-state index < -0.39 is 4.92 Å². The Morgan fingerprint density at radius 1 is 0.880 bits per heavy atom. The molecule has 5 nitrogen and oxygen atoms in total. The maximum absolute atomic E-state index is 12.4. The second-order valence-corrected chi connectivity index (χ2v) is 5.41. The average molecular weight is 333 g/mol. The van der Waals surface area contributed by atoms with Gasteiger partial charge in [0.1, 0.15) is 6.61 Å². The van der Waals surface area contributed by atoms with Gasteiger partial charge in [-0.05, 0) is 17.7 Å². The minimum atomic E-state index is -0.540. The molecule has 0 aliphatic carbocycles. The third-order valence-electron chi connectivity index (χ3n) is 3.69. The van der Waals surface area contributed by atoms with Crippen LogP contribution in [0.25, 0.3) is 0 Å². The number of carbonyl (C=O) groups excluding carboxylic acids is 1. The molecule has 0 atom stereocenters. The Morgan fingerprint density at radius 3 is 2.16 bits per heavy atom. The molecule has 3 aromatic carbocycles. The van der Waals surface area contributed by atoms with Crippen LogP contribution in [0.15, 0.2) is 78.9 Å². The molecule has 0 radical (unpaired) electrons. The number of benzene rings is 3. The number of hydrogen-bond acceptors (Lipinski definition) is 4. The van der Waals surface area contributed by atoms with Crippen molar-refractivity contribution in [3.63, 3.8) is 0 Å². The van der Waals surface area contributed by atoms with E-state index in [0.717, 1.165) is 5.56 Å². The van der Waals surface area contributed by atoms with Gasteiger partial charge in [0.2, 0.25) is 0 Å². The van der Waals surface area contributed by atoms with E-state index in [4.69, 9.17) is 4.74 Å². The average Bonchev–Trinajstić information content (AvgIpc) is 2.67. The lowest BCUT2D eigenvalue weighted by molar-refractivity contribution is -0.386. The first-order valence-corrected chi connectivity index (χ1v) is 7.70. The van der Waals surface area contributed by atoms with E-state index in [9.17, 15) is 14.9 Å². The SMILES string of the molecule is O=C(c1ccccc1)c1ccc(OCc2ccccc2)c([N+](=O)[O-])c1. The van der Waals surface area contributed by atoms with Crippen molar-refractivity contribution in [1.82, 2.24) is 0 Å². The number of hydrogen-bond donors (Lipinski definition) is 0. The highest BCUT2D eigenvalue weighted by molar-refractivity contribution is 6.09. The summed E-state index contributed by atoms with van der Waals surface area (Å²) in [6.45, 7) is 0.216. The molecular formula is C20H15NO4. The van der Waals surface area contributed by atoms with Crippen molar-refractivity contribution in [2.45, 2.75) is 6.61 Å². The molecule has 0 bridgehead atoms. The van der Waals surface area contributed by atoms with Crippen molar-refractivity contribution in [3.05, 3.63) is 106 Å². The Bertz CT molecular complexity index is 892. The highest BCUT2D eigenvalue weighted by Gasteiger charge is 2.19. The van der Waals surface area contributed by atoms with E-state index in [-0.39, 0.29) is 29.4 Å². The molecule has 0 N–H and O–H groups in total. The van der Waals surface area contributed by atoms with Crippen molar-refractivity contribution in [2.24, 2.45) is 0 Å². The number of rotatable bonds is 6. The summed E-state index contributed by atoms with van der Waals surface area (Å²) in [5.74, 6) is -0.128. The zero-order valence-corrected chi connectivity index (χ0v) is 13.3. The van der Waals surface area contributed by atoms with Gasteiger partial charge in [-0.1, -0.05) is 60.7 Å². The summed E-state index contributed by atoms with van der Waals surface area (Å²) >= 11 is 0. The van der Waals surface area contributed by atoms with Crippen LogP contribution in [0.1, 0.15) is 21.5 Å². The molecule has 0 fully saturated rings. The van der Waals surface area contributed by atoms with E-state index >= 15 is 0 Å². The molecule has 5 heteroatoms. The van der Waals surface area contributed by atoms with Crippen molar-refractivity contribution in [3.8, 4) is 5.75 Å². The summed E-state index contributed by atoms with van der Waals surface area (Å²) in [5.41, 5.74) is 1.42. The van der Waals surface area contributed by atoms with Crippen molar-refractivity contribution in [2.75, 3.05) is 0 Å². The number of nitro groups is 1. The van der Waals surface area contributed by atoms with Gasteiger partial charge in [-0.15, -0.1) is 0 Å². The number of ether oxygens (including phenoxy) is 1. The zero-order valence-electron chi connectivity index (χ0n) is 13.3. The molecule has 0 aromatic heterocycles. The van der Waals surface area contributed by atoms with Gasteiger partial charge in [-0.3, -0.25) is 14.9 Å². The van der Waals surface area contributed by atoms with Gasteiger partial charge in [0, 0.05) is 17.2 Å². The summed E-state index contributed by atoms with van der Waals surface area (Å²) in [6.07, 6.45) is 0. The van der Waals surface area contributed by atoms with Gasteiger partial charge in [0.15, 0.2) is 11.5 Å². The fourth-order valence-corrected chi connectivity index (χ4v) is 2.41. The Hall–Kier alpha value is -3.47. The highest BCUT2D eigenvalue weighted by atomic mass is 16.6. The largest absolute Gasteiger partial charge is 0.482 e. The molecule has 3 aromatic rings. The third-order valence-corrected chi connectivity index (χ3v) is 3.69. The van der Waals surface area contributed by atoms with Crippen LogP contribution in [0.3, 0.4) is 0 Å². The molecule has 0 heterocycles. The molecule has 0 saturated heterocycles. The normalized spacial score (nSPS) is 10.2. The third kappa shape index (κ3) is 3.90. The van der Waals surface area contributed by atoms with E-state index in [1.54, 1.807) is 36.4 Å². The summed E-state index contributed by atoms with van der Waals surface area (Å²) in [6, 6.07) is 22.3. The van der Waals surface area contributed by atoms with Gasteiger partial charge in [0.25, 0.3) is 0 Å². The van der Waals surface area contributed by atoms with Crippen LogP contribution >= 0.6 is 0 Å². The molecular weight excluding hydrogens is 318 g/mol. The molecule has 3 rings (SSSR count). The van der Waals surface area contributed by atoms with Gasteiger partial charge < -0.3 is 4.74 Å². The quantitative estimate of drug-likeness (QED) is 0.381.